The molecule has 2 fully saturated rings. The van der Waals surface area contributed by atoms with E-state index in [1.165, 1.54) is 5.56 Å². The van der Waals surface area contributed by atoms with Crippen LogP contribution in [0.3, 0.4) is 0 Å². The van der Waals surface area contributed by atoms with Crippen molar-refractivity contribution in [2.45, 2.75) is 58.0 Å². The zero-order valence-corrected chi connectivity index (χ0v) is 18.3. The molecule has 5 nitrogen and oxygen atoms in total. The van der Waals surface area contributed by atoms with Gasteiger partial charge in [0.25, 0.3) is 5.91 Å². The zero-order valence-electron chi connectivity index (χ0n) is 16.7. The molecule has 3 aliphatic rings. The van der Waals surface area contributed by atoms with Gasteiger partial charge >= 0.3 is 0 Å². The maximum absolute atomic E-state index is 13.6. The summed E-state index contributed by atoms with van der Waals surface area (Å²) in [6.45, 7) is 4.54. The van der Waals surface area contributed by atoms with Crippen molar-refractivity contribution in [1.82, 2.24) is 10.2 Å². The van der Waals surface area contributed by atoms with E-state index < -0.39 is 0 Å². The number of carbonyl (C=O) groups excluding carboxylic acids is 2. The van der Waals surface area contributed by atoms with Crippen molar-refractivity contribution in [3.8, 4) is 0 Å². The van der Waals surface area contributed by atoms with Gasteiger partial charge in [-0.15, -0.1) is 12.4 Å². The zero-order chi connectivity index (χ0) is 19.3. The summed E-state index contributed by atoms with van der Waals surface area (Å²) in [6, 6.07) is 2.35. The fraction of sp³-hybridized carbons (Fsp3) is 0.545. The highest BCUT2D eigenvalue weighted by atomic mass is 35.5. The standard InChI is InChI=1S/C22H26N2O3S.ClH/c1-14-19-16(25)3-2-4-17(19)27-20(14)21(26)24(12-15-5-10-28-13-15)18-11-22(18)6-8-23-9-7-22;/h5,10,13,18,23H,2-4,6-9,11-12H2,1H3;1H. The van der Waals surface area contributed by atoms with Gasteiger partial charge in [0.05, 0.1) is 5.56 Å². The van der Waals surface area contributed by atoms with Crippen LogP contribution in [-0.2, 0) is 13.0 Å². The fourth-order valence-electron chi connectivity index (χ4n) is 5.11. The minimum atomic E-state index is -0.0497. The predicted molar refractivity (Wildman–Crippen MR) is 115 cm³/mol. The van der Waals surface area contributed by atoms with Gasteiger partial charge in [0, 0.05) is 31.0 Å². The van der Waals surface area contributed by atoms with E-state index in [1.54, 1.807) is 11.3 Å². The number of hydrogen-bond acceptors (Lipinski definition) is 5. The number of thiophene rings is 1. The molecule has 3 heterocycles. The Morgan fingerprint density at radius 2 is 2.14 bits per heavy atom. The molecule has 2 aliphatic carbocycles. The van der Waals surface area contributed by atoms with Crippen LogP contribution in [0.4, 0.5) is 0 Å². The Morgan fingerprint density at radius 3 is 2.83 bits per heavy atom. The first kappa shape index (κ1) is 20.6. The molecule has 1 saturated carbocycles. The van der Waals surface area contributed by atoms with Crippen LogP contribution in [0, 0.1) is 12.3 Å². The number of halogens is 1. The number of hydrogen-bond donors (Lipinski definition) is 1. The van der Waals surface area contributed by atoms with E-state index in [0.717, 1.165) is 50.8 Å². The fourth-order valence-corrected chi connectivity index (χ4v) is 5.77. The lowest BCUT2D eigenvalue weighted by atomic mass is 9.93. The first-order valence-electron chi connectivity index (χ1n) is 10.3. The van der Waals surface area contributed by atoms with Gasteiger partial charge in [0.15, 0.2) is 11.5 Å². The third kappa shape index (κ3) is 3.56. The third-order valence-electron chi connectivity index (χ3n) is 6.82. The molecular weight excluding hydrogens is 408 g/mol. The van der Waals surface area contributed by atoms with Crippen molar-refractivity contribution in [3.63, 3.8) is 0 Å². The summed E-state index contributed by atoms with van der Waals surface area (Å²) in [6.07, 6.45) is 5.43. The number of nitrogens with zero attached hydrogens (tertiary/aromatic N) is 1. The lowest BCUT2D eigenvalue weighted by molar-refractivity contribution is 0.0656. The lowest BCUT2D eigenvalue weighted by Crippen LogP contribution is -2.39. The number of nitrogens with one attached hydrogen (secondary N) is 1. The summed E-state index contributed by atoms with van der Waals surface area (Å²) < 4.78 is 6.00. The Bertz CT molecular complexity index is 915. The Kier molecular flexibility index (Phi) is 5.62. The summed E-state index contributed by atoms with van der Waals surface area (Å²) in [7, 11) is 0. The van der Waals surface area contributed by atoms with Gasteiger partial charge in [-0.2, -0.15) is 11.3 Å². The van der Waals surface area contributed by atoms with Crippen LogP contribution in [0.5, 0.6) is 0 Å². The van der Waals surface area contributed by atoms with Crippen LogP contribution in [0.25, 0.3) is 0 Å². The van der Waals surface area contributed by atoms with Crippen molar-refractivity contribution in [2.75, 3.05) is 13.1 Å². The monoisotopic (exact) mass is 434 g/mol. The van der Waals surface area contributed by atoms with Crippen LogP contribution >= 0.6 is 23.7 Å². The van der Waals surface area contributed by atoms with Crippen LogP contribution < -0.4 is 5.32 Å². The molecule has 5 rings (SSSR count). The van der Waals surface area contributed by atoms with Gasteiger partial charge in [-0.05, 0) is 73.5 Å². The Hall–Kier alpha value is -1.63. The number of carbonyl (C=O) groups is 2. The smallest absolute Gasteiger partial charge is 0.290 e. The molecule has 1 unspecified atom stereocenters. The van der Waals surface area contributed by atoms with E-state index in [4.69, 9.17) is 4.42 Å². The van der Waals surface area contributed by atoms with Gasteiger partial charge in [0.2, 0.25) is 0 Å². The second-order valence-electron chi connectivity index (χ2n) is 8.53. The third-order valence-corrected chi connectivity index (χ3v) is 7.55. The van der Waals surface area contributed by atoms with Crippen molar-refractivity contribution < 1.29 is 14.0 Å². The van der Waals surface area contributed by atoms with Gasteiger partial charge in [0.1, 0.15) is 5.76 Å². The Labute approximate surface area is 181 Å². The molecule has 1 saturated heterocycles. The number of furan rings is 1. The highest BCUT2D eigenvalue weighted by Crippen LogP contribution is 2.56. The number of rotatable bonds is 4. The second kappa shape index (κ2) is 7.89. The molecule has 1 amide bonds. The highest BCUT2D eigenvalue weighted by molar-refractivity contribution is 7.07. The highest BCUT2D eigenvalue weighted by Gasteiger charge is 2.58. The van der Waals surface area contributed by atoms with E-state index in [-0.39, 0.29) is 35.6 Å². The number of Topliss-reactive ketones (excluding diaryl/α,β-unsaturated/α-hetero) is 1. The van der Waals surface area contributed by atoms with Crippen molar-refractivity contribution in [3.05, 3.63) is 45.0 Å². The summed E-state index contributed by atoms with van der Waals surface area (Å²) in [5.41, 5.74) is 2.82. The van der Waals surface area contributed by atoms with Crippen molar-refractivity contribution >= 4 is 35.4 Å². The molecule has 29 heavy (non-hydrogen) atoms. The molecule has 156 valence electrons. The van der Waals surface area contributed by atoms with Gasteiger partial charge in [-0.3, -0.25) is 9.59 Å². The Balaban J connectivity index is 0.00000205. The van der Waals surface area contributed by atoms with E-state index in [0.29, 0.717) is 30.0 Å². The van der Waals surface area contributed by atoms with Gasteiger partial charge in [-0.1, -0.05) is 0 Å². The number of aryl methyl sites for hydroxylation is 1. The van der Waals surface area contributed by atoms with E-state index in [2.05, 4.69) is 22.1 Å². The first-order valence-corrected chi connectivity index (χ1v) is 11.2. The molecule has 2 aromatic heterocycles. The molecule has 2 aromatic rings. The van der Waals surface area contributed by atoms with Crippen LogP contribution in [0.2, 0.25) is 0 Å². The number of fused-ring (bicyclic) bond motifs is 1. The maximum Gasteiger partial charge on any atom is 0.290 e. The predicted octanol–water partition coefficient (Wildman–Crippen LogP) is 4.37. The van der Waals surface area contributed by atoms with Crippen LogP contribution in [0.15, 0.2) is 21.2 Å². The summed E-state index contributed by atoms with van der Waals surface area (Å²) >= 11 is 1.66. The molecule has 0 bridgehead atoms. The van der Waals surface area contributed by atoms with E-state index in [1.807, 2.05) is 11.8 Å². The largest absolute Gasteiger partial charge is 0.455 e. The summed E-state index contributed by atoms with van der Waals surface area (Å²) in [5, 5.41) is 7.60. The SMILES string of the molecule is Cc1c(C(=O)N(Cc2ccsc2)C2CC23CCNCC3)oc2c1C(=O)CCC2.Cl. The molecule has 0 aromatic carbocycles. The molecule has 1 aliphatic heterocycles. The summed E-state index contributed by atoms with van der Waals surface area (Å²) in [4.78, 5) is 28.0. The summed E-state index contributed by atoms with van der Waals surface area (Å²) in [5.74, 6) is 1.16. The molecule has 7 heteroatoms. The Morgan fingerprint density at radius 1 is 1.34 bits per heavy atom. The molecule has 1 spiro atoms. The second-order valence-corrected chi connectivity index (χ2v) is 9.31. The molecular formula is C22H27ClN2O3S. The first-order chi connectivity index (χ1) is 13.6. The lowest BCUT2D eigenvalue weighted by Gasteiger charge is -2.29. The van der Waals surface area contributed by atoms with Gasteiger partial charge < -0.3 is 14.6 Å². The minimum Gasteiger partial charge on any atom is -0.455 e. The van der Waals surface area contributed by atoms with Crippen LogP contribution in [0.1, 0.15) is 69.9 Å². The maximum atomic E-state index is 13.6. The molecule has 1 atom stereocenters. The minimum absolute atomic E-state index is 0. The van der Waals surface area contributed by atoms with E-state index >= 15 is 0 Å². The number of amides is 1. The number of piperidine rings is 1. The molecule has 1 N–H and O–H groups in total. The average molecular weight is 435 g/mol. The molecule has 0 radical (unpaired) electrons. The topological polar surface area (TPSA) is 62.6 Å². The van der Waals surface area contributed by atoms with Crippen molar-refractivity contribution in [2.24, 2.45) is 5.41 Å². The van der Waals surface area contributed by atoms with E-state index in [9.17, 15) is 9.59 Å². The van der Waals surface area contributed by atoms with Crippen molar-refractivity contribution in [1.29, 1.82) is 0 Å². The van der Waals surface area contributed by atoms with Crippen LogP contribution in [-0.4, -0.2) is 35.7 Å². The number of ketones is 1. The van der Waals surface area contributed by atoms with Gasteiger partial charge in [-0.25, -0.2) is 0 Å². The normalized spacial score (nSPS) is 22.1. The average Bonchev–Trinajstić information content (AvgIpc) is 3.05. The quantitative estimate of drug-likeness (QED) is 0.775.